The van der Waals surface area contributed by atoms with E-state index in [1.165, 1.54) is 12.8 Å². The lowest BCUT2D eigenvalue weighted by atomic mass is 9.94. The summed E-state index contributed by atoms with van der Waals surface area (Å²) in [5.74, 6) is 1.55. The smallest absolute Gasteiger partial charge is 0.410 e. The number of amides is 1. The molecule has 2 fully saturated rings. The lowest BCUT2D eigenvalue weighted by Crippen LogP contribution is -2.39. The van der Waals surface area contributed by atoms with Gasteiger partial charge in [-0.2, -0.15) is 0 Å². The summed E-state index contributed by atoms with van der Waals surface area (Å²) in [5, 5.41) is 3.37. The van der Waals surface area contributed by atoms with E-state index in [2.05, 4.69) is 5.32 Å². The van der Waals surface area contributed by atoms with Crippen LogP contribution >= 0.6 is 0 Å². The highest BCUT2D eigenvalue weighted by molar-refractivity contribution is 5.70. The van der Waals surface area contributed by atoms with Gasteiger partial charge in [-0.05, 0) is 50.4 Å². The van der Waals surface area contributed by atoms with Gasteiger partial charge in [-0.25, -0.2) is 4.79 Å². The summed E-state index contributed by atoms with van der Waals surface area (Å²) in [6.45, 7) is 3.87. The molecule has 0 spiro atoms. The van der Waals surface area contributed by atoms with E-state index in [4.69, 9.17) is 9.47 Å². The highest BCUT2D eigenvalue weighted by Gasteiger charge is 2.33. The second kappa shape index (κ2) is 7.49. The molecule has 2 saturated heterocycles. The third-order valence-corrected chi connectivity index (χ3v) is 4.50. The van der Waals surface area contributed by atoms with Gasteiger partial charge in [-0.1, -0.05) is 18.2 Å². The Labute approximate surface area is 131 Å². The fraction of sp³-hybridized carbons (Fsp3) is 0.588. The number of ether oxygens (including phenoxy) is 2. The average Bonchev–Trinajstić information content (AvgIpc) is 2.93. The monoisotopic (exact) mass is 304 g/mol. The normalized spacial score (nSPS) is 22.6. The van der Waals surface area contributed by atoms with Crippen LogP contribution in [0.25, 0.3) is 0 Å². The van der Waals surface area contributed by atoms with E-state index in [9.17, 15) is 4.79 Å². The molecule has 22 heavy (non-hydrogen) atoms. The second-order valence-electron chi connectivity index (χ2n) is 6.03. The summed E-state index contributed by atoms with van der Waals surface area (Å²) in [4.78, 5) is 13.7. The zero-order chi connectivity index (χ0) is 15.2. The summed E-state index contributed by atoms with van der Waals surface area (Å²) in [6.07, 6.45) is 3.26. The van der Waals surface area contributed by atoms with Gasteiger partial charge in [0.1, 0.15) is 25.0 Å². The lowest BCUT2D eigenvalue weighted by molar-refractivity contribution is 0.151. The minimum Gasteiger partial charge on any atom is -0.491 e. The first kappa shape index (κ1) is 15.2. The molecule has 0 bridgehead atoms. The first-order valence-electron chi connectivity index (χ1n) is 8.15. The number of carbonyl (C=O) groups excluding carboxylic acids is 1. The topological polar surface area (TPSA) is 50.8 Å². The van der Waals surface area contributed by atoms with Crippen LogP contribution in [0.3, 0.4) is 0 Å². The molecule has 0 saturated carbocycles. The molecule has 5 heteroatoms. The SMILES string of the molecule is O=C1OCC(COc2ccccc2)N1CCC1CCNCC1. The first-order chi connectivity index (χ1) is 10.8. The molecule has 0 aromatic heterocycles. The van der Waals surface area contributed by atoms with E-state index in [1.807, 2.05) is 35.2 Å². The Kier molecular flexibility index (Phi) is 5.16. The highest BCUT2D eigenvalue weighted by atomic mass is 16.6. The molecule has 120 valence electrons. The van der Waals surface area contributed by atoms with Crippen LogP contribution in [0.1, 0.15) is 19.3 Å². The molecule has 0 radical (unpaired) electrons. The van der Waals surface area contributed by atoms with E-state index in [1.54, 1.807) is 0 Å². The van der Waals surface area contributed by atoms with Gasteiger partial charge in [0.05, 0.1) is 0 Å². The van der Waals surface area contributed by atoms with Crippen molar-refractivity contribution < 1.29 is 14.3 Å². The number of para-hydroxylation sites is 1. The van der Waals surface area contributed by atoms with E-state index < -0.39 is 0 Å². The predicted molar refractivity (Wildman–Crippen MR) is 84.0 cm³/mol. The Morgan fingerprint density at radius 2 is 2.00 bits per heavy atom. The van der Waals surface area contributed by atoms with Crippen LogP contribution in [0.4, 0.5) is 4.79 Å². The van der Waals surface area contributed by atoms with Gasteiger partial charge in [0.25, 0.3) is 0 Å². The fourth-order valence-electron chi connectivity index (χ4n) is 3.10. The molecule has 3 rings (SSSR count). The Balaban J connectivity index is 1.48. The van der Waals surface area contributed by atoms with Crippen molar-refractivity contribution in [2.24, 2.45) is 5.92 Å². The molecular formula is C17H24N2O3. The van der Waals surface area contributed by atoms with Crippen LogP contribution in [0.5, 0.6) is 5.75 Å². The van der Waals surface area contributed by atoms with Crippen molar-refractivity contribution in [1.82, 2.24) is 10.2 Å². The van der Waals surface area contributed by atoms with Crippen LogP contribution < -0.4 is 10.1 Å². The summed E-state index contributed by atoms with van der Waals surface area (Å²) < 4.78 is 11.0. The van der Waals surface area contributed by atoms with Gasteiger partial charge in [0, 0.05) is 6.54 Å². The molecule has 1 N–H and O–H groups in total. The van der Waals surface area contributed by atoms with Gasteiger partial charge >= 0.3 is 6.09 Å². The zero-order valence-electron chi connectivity index (χ0n) is 12.9. The number of benzene rings is 1. The van der Waals surface area contributed by atoms with Crippen LogP contribution in [0.2, 0.25) is 0 Å². The minimum atomic E-state index is -0.199. The Morgan fingerprint density at radius 3 is 2.77 bits per heavy atom. The number of rotatable bonds is 6. The van der Waals surface area contributed by atoms with Crippen LogP contribution in [-0.2, 0) is 4.74 Å². The first-order valence-corrected chi connectivity index (χ1v) is 8.15. The van der Waals surface area contributed by atoms with Crippen LogP contribution in [0, 0.1) is 5.92 Å². The number of piperidine rings is 1. The zero-order valence-corrected chi connectivity index (χ0v) is 12.9. The van der Waals surface area contributed by atoms with Crippen molar-refractivity contribution in [3.05, 3.63) is 30.3 Å². The molecule has 2 aliphatic rings. The van der Waals surface area contributed by atoms with Crippen LogP contribution in [-0.4, -0.2) is 49.9 Å². The van der Waals surface area contributed by atoms with Gasteiger partial charge in [0.2, 0.25) is 0 Å². The van der Waals surface area contributed by atoms with Crippen molar-refractivity contribution in [3.8, 4) is 5.75 Å². The molecule has 2 heterocycles. The molecule has 1 aromatic carbocycles. The molecule has 0 aliphatic carbocycles. The van der Waals surface area contributed by atoms with E-state index in [-0.39, 0.29) is 12.1 Å². The minimum absolute atomic E-state index is 0.0226. The molecule has 2 aliphatic heterocycles. The maximum absolute atomic E-state index is 11.9. The highest BCUT2D eigenvalue weighted by Crippen LogP contribution is 2.20. The lowest BCUT2D eigenvalue weighted by Gasteiger charge is -2.26. The van der Waals surface area contributed by atoms with E-state index in [0.29, 0.717) is 19.1 Å². The summed E-state index contributed by atoms with van der Waals surface area (Å²) in [6, 6.07) is 9.73. The number of carbonyl (C=O) groups is 1. The van der Waals surface area contributed by atoms with Gasteiger partial charge in [-0.15, -0.1) is 0 Å². The quantitative estimate of drug-likeness (QED) is 0.876. The van der Waals surface area contributed by atoms with Gasteiger partial charge in [-0.3, -0.25) is 4.90 Å². The molecular weight excluding hydrogens is 280 g/mol. The average molecular weight is 304 g/mol. The second-order valence-corrected chi connectivity index (χ2v) is 6.03. The van der Waals surface area contributed by atoms with E-state index in [0.717, 1.165) is 31.8 Å². The fourth-order valence-corrected chi connectivity index (χ4v) is 3.10. The molecule has 1 unspecified atom stereocenters. The third-order valence-electron chi connectivity index (χ3n) is 4.50. The Morgan fingerprint density at radius 1 is 1.23 bits per heavy atom. The van der Waals surface area contributed by atoms with E-state index >= 15 is 0 Å². The van der Waals surface area contributed by atoms with Crippen LogP contribution in [0.15, 0.2) is 30.3 Å². The number of nitrogens with zero attached hydrogens (tertiary/aromatic N) is 1. The van der Waals surface area contributed by atoms with Gasteiger partial charge < -0.3 is 14.8 Å². The summed E-state index contributed by atoms with van der Waals surface area (Å²) >= 11 is 0. The number of hydrogen-bond donors (Lipinski definition) is 1. The summed E-state index contributed by atoms with van der Waals surface area (Å²) in [7, 11) is 0. The number of cyclic esters (lactones) is 1. The Hall–Kier alpha value is -1.75. The van der Waals surface area contributed by atoms with Gasteiger partial charge in [0.15, 0.2) is 0 Å². The number of nitrogens with one attached hydrogen (secondary N) is 1. The maximum Gasteiger partial charge on any atom is 0.410 e. The summed E-state index contributed by atoms with van der Waals surface area (Å²) in [5.41, 5.74) is 0. The van der Waals surface area contributed by atoms with Crippen molar-refractivity contribution >= 4 is 6.09 Å². The van der Waals surface area contributed by atoms with Crippen molar-refractivity contribution in [2.45, 2.75) is 25.3 Å². The molecule has 5 nitrogen and oxygen atoms in total. The molecule has 1 atom stereocenters. The molecule has 1 aromatic rings. The predicted octanol–water partition coefficient (Wildman–Crippen LogP) is 2.28. The molecule has 1 amide bonds. The number of hydrogen-bond acceptors (Lipinski definition) is 4. The van der Waals surface area contributed by atoms with Crippen molar-refractivity contribution in [2.75, 3.05) is 32.8 Å². The largest absolute Gasteiger partial charge is 0.491 e. The third kappa shape index (κ3) is 3.91. The Bertz CT molecular complexity index is 474. The standard InChI is InChI=1S/C17H24N2O3/c20-17-19(11-8-14-6-9-18-10-7-14)15(13-22-17)12-21-16-4-2-1-3-5-16/h1-5,14-15,18H,6-13H2. The maximum atomic E-state index is 11.9. The van der Waals surface area contributed by atoms with Crippen molar-refractivity contribution in [1.29, 1.82) is 0 Å². The van der Waals surface area contributed by atoms with Crippen molar-refractivity contribution in [3.63, 3.8) is 0 Å².